The van der Waals surface area contributed by atoms with E-state index in [9.17, 15) is 4.79 Å². The first-order chi connectivity index (χ1) is 8.50. The number of nitrogens with two attached hydrogens (primary N) is 1. The molecule has 2 unspecified atom stereocenters. The van der Waals surface area contributed by atoms with E-state index in [1.54, 1.807) is 4.90 Å². The number of rotatable bonds is 1. The lowest BCUT2D eigenvalue weighted by Gasteiger charge is -2.31. The maximum absolute atomic E-state index is 11.9. The number of benzene rings is 1. The second-order valence-electron chi connectivity index (χ2n) is 4.68. The molecule has 0 saturated carbocycles. The third kappa shape index (κ3) is 2.78. The van der Waals surface area contributed by atoms with Gasteiger partial charge in [-0.15, -0.1) is 0 Å². The lowest BCUT2D eigenvalue weighted by atomic mass is 9.97. The normalized spacial score (nSPS) is 25.1. The van der Waals surface area contributed by atoms with Crippen LogP contribution in [0.1, 0.15) is 30.9 Å². The van der Waals surface area contributed by atoms with Crippen molar-refractivity contribution < 1.29 is 4.79 Å². The minimum Gasteiger partial charge on any atom is -0.337 e. The second kappa shape index (κ2) is 5.72. The van der Waals surface area contributed by atoms with Crippen molar-refractivity contribution in [3.63, 3.8) is 0 Å². The highest BCUT2D eigenvalue weighted by Gasteiger charge is 2.30. The van der Waals surface area contributed by atoms with E-state index in [-0.39, 0.29) is 18.0 Å². The number of amides is 1. The number of nitrogens with zero attached hydrogens (tertiary/aromatic N) is 1. The van der Waals surface area contributed by atoms with Crippen molar-refractivity contribution in [2.75, 3.05) is 7.05 Å². The smallest absolute Gasteiger partial charge is 0.222 e. The van der Waals surface area contributed by atoms with Crippen LogP contribution in [0.15, 0.2) is 27.1 Å². The molecule has 0 radical (unpaired) electrons. The van der Waals surface area contributed by atoms with Gasteiger partial charge in [0.2, 0.25) is 5.91 Å². The Bertz CT molecular complexity index is 464. The van der Waals surface area contributed by atoms with Crippen LogP contribution in [0.2, 0.25) is 0 Å². The van der Waals surface area contributed by atoms with Crippen molar-refractivity contribution in [3.05, 3.63) is 32.7 Å². The van der Waals surface area contributed by atoms with E-state index in [4.69, 9.17) is 5.73 Å². The molecule has 0 bridgehead atoms. The zero-order chi connectivity index (χ0) is 13.3. The molecular formula is C13H16Br2N2O. The summed E-state index contributed by atoms with van der Waals surface area (Å²) in [6.07, 6.45) is 2.35. The monoisotopic (exact) mass is 374 g/mol. The van der Waals surface area contributed by atoms with Gasteiger partial charge in [0.05, 0.1) is 6.04 Å². The fourth-order valence-corrected chi connectivity index (χ4v) is 3.08. The van der Waals surface area contributed by atoms with Crippen LogP contribution in [0.5, 0.6) is 0 Å². The van der Waals surface area contributed by atoms with Gasteiger partial charge in [0.25, 0.3) is 0 Å². The number of hydrogen-bond acceptors (Lipinski definition) is 2. The van der Waals surface area contributed by atoms with Gasteiger partial charge in [-0.05, 0) is 62.4 Å². The standard InChI is InChI=1S/C13H16Br2N2O/c1-17-12(18)4-2-3-11(16)13(17)8-5-6-9(14)10(15)7-8/h5-7,11,13H,2-4,16H2,1H3. The maximum Gasteiger partial charge on any atom is 0.222 e. The van der Waals surface area contributed by atoms with E-state index in [0.717, 1.165) is 27.4 Å². The molecule has 3 nitrogen and oxygen atoms in total. The summed E-state index contributed by atoms with van der Waals surface area (Å²) in [4.78, 5) is 13.7. The zero-order valence-corrected chi connectivity index (χ0v) is 13.4. The average molecular weight is 376 g/mol. The SMILES string of the molecule is CN1C(=O)CCCC(N)C1c1ccc(Br)c(Br)c1. The van der Waals surface area contributed by atoms with E-state index in [1.165, 1.54) is 0 Å². The van der Waals surface area contributed by atoms with Gasteiger partial charge >= 0.3 is 0 Å². The van der Waals surface area contributed by atoms with Gasteiger partial charge in [-0.1, -0.05) is 6.07 Å². The predicted octanol–water partition coefficient (Wildman–Crippen LogP) is 3.22. The Hall–Kier alpha value is -0.390. The molecule has 0 spiro atoms. The van der Waals surface area contributed by atoms with E-state index in [0.29, 0.717) is 6.42 Å². The molecule has 2 N–H and O–H groups in total. The second-order valence-corrected chi connectivity index (χ2v) is 6.39. The number of likely N-dealkylation sites (tertiary alicyclic amines) is 1. The quantitative estimate of drug-likeness (QED) is 0.819. The summed E-state index contributed by atoms with van der Waals surface area (Å²) in [6, 6.07) is 5.99. The molecule has 1 fully saturated rings. The lowest BCUT2D eigenvalue weighted by molar-refractivity contribution is -0.131. The van der Waals surface area contributed by atoms with E-state index >= 15 is 0 Å². The van der Waals surface area contributed by atoms with Crippen LogP contribution in [0.4, 0.5) is 0 Å². The zero-order valence-electron chi connectivity index (χ0n) is 10.2. The van der Waals surface area contributed by atoms with E-state index in [1.807, 2.05) is 25.2 Å². The summed E-state index contributed by atoms with van der Waals surface area (Å²) in [7, 11) is 1.84. The Kier molecular flexibility index (Phi) is 4.45. The van der Waals surface area contributed by atoms with E-state index in [2.05, 4.69) is 31.9 Å². The van der Waals surface area contributed by atoms with Crippen LogP contribution in [0, 0.1) is 0 Å². The summed E-state index contributed by atoms with van der Waals surface area (Å²) in [5.74, 6) is 0.173. The van der Waals surface area contributed by atoms with Gasteiger partial charge in [0.1, 0.15) is 0 Å². The van der Waals surface area contributed by atoms with Gasteiger partial charge in [-0.25, -0.2) is 0 Å². The summed E-state index contributed by atoms with van der Waals surface area (Å²) in [5, 5.41) is 0. The average Bonchev–Trinajstić information content (AvgIpc) is 2.44. The molecule has 1 saturated heterocycles. The molecule has 5 heteroatoms. The third-order valence-corrected chi connectivity index (χ3v) is 5.31. The topological polar surface area (TPSA) is 46.3 Å². The Labute approximate surface area is 124 Å². The van der Waals surface area contributed by atoms with Crippen molar-refractivity contribution in [2.24, 2.45) is 5.73 Å². The summed E-state index contributed by atoms with van der Waals surface area (Å²) in [6.45, 7) is 0. The van der Waals surface area contributed by atoms with Crippen LogP contribution >= 0.6 is 31.9 Å². The minimum absolute atomic E-state index is 0.00507. The van der Waals surface area contributed by atoms with Crippen molar-refractivity contribution in [1.82, 2.24) is 4.90 Å². The van der Waals surface area contributed by atoms with Crippen molar-refractivity contribution in [3.8, 4) is 0 Å². The molecule has 0 aromatic heterocycles. The van der Waals surface area contributed by atoms with Crippen LogP contribution in [0.25, 0.3) is 0 Å². The maximum atomic E-state index is 11.9. The molecule has 0 aliphatic carbocycles. The van der Waals surface area contributed by atoms with Crippen LogP contribution in [-0.2, 0) is 4.79 Å². The predicted molar refractivity (Wildman–Crippen MR) is 79.2 cm³/mol. The summed E-state index contributed by atoms with van der Waals surface area (Å²) >= 11 is 6.95. The first-order valence-corrected chi connectivity index (χ1v) is 7.55. The molecule has 1 aliphatic heterocycles. The molecule has 1 amide bonds. The first-order valence-electron chi connectivity index (χ1n) is 5.97. The molecule has 1 heterocycles. The number of hydrogen-bond donors (Lipinski definition) is 1. The third-order valence-electron chi connectivity index (χ3n) is 3.43. The number of halogens is 2. The van der Waals surface area contributed by atoms with Gasteiger partial charge < -0.3 is 10.6 Å². The molecule has 1 aliphatic rings. The Balaban J connectivity index is 2.38. The van der Waals surface area contributed by atoms with Gasteiger partial charge in [-0.2, -0.15) is 0 Å². The number of carbonyl (C=O) groups excluding carboxylic acids is 1. The molecule has 18 heavy (non-hydrogen) atoms. The van der Waals surface area contributed by atoms with Gasteiger partial charge in [0, 0.05) is 28.5 Å². The highest BCUT2D eigenvalue weighted by atomic mass is 79.9. The highest BCUT2D eigenvalue weighted by molar-refractivity contribution is 9.13. The molecule has 1 aromatic rings. The van der Waals surface area contributed by atoms with Crippen molar-refractivity contribution >= 4 is 37.8 Å². The summed E-state index contributed by atoms with van der Waals surface area (Å²) in [5.41, 5.74) is 7.31. The fourth-order valence-electron chi connectivity index (χ4n) is 2.43. The molecular weight excluding hydrogens is 360 g/mol. The molecule has 2 atom stereocenters. The molecule has 2 rings (SSSR count). The number of likely N-dealkylation sites (N-methyl/N-ethyl adjacent to an activating group) is 1. The van der Waals surface area contributed by atoms with Crippen LogP contribution in [-0.4, -0.2) is 23.9 Å². The van der Waals surface area contributed by atoms with E-state index < -0.39 is 0 Å². The Morgan fingerprint density at radius 2 is 2.06 bits per heavy atom. The van der Waals surface area contributed by atoms with Crippen molar-refractivity contribution in [1.29, 1.82) is 0 Å². The first kappa shape index (κ1) is 14.0. The molecule has 98 valence electrons. The summed E-state index contributed by atoms with van der Waals surface area (Å²) < 4.78 is 1.99. The van der Waals surface area contributed by atoms with Gasteiger partial charge in [-0.3, -0.25) is 4.79 Å². The van der Waals surface area contributed by atoms with Crippen LogP contribution in [0.3, 0.4) is 0 Å². The number of carbonyl (C=O) groups is 1. The van der Waals surface area contributed by atoms with Crippen molar-refractivity contribution in [2.45, 2.75) is 31.3 Å². The Morgan fingerprint density at radius 1 is 1.33 bits per heavy atom. The van der Waals surface area contributed by atoms with Crippen LogP contribution < -0.4 is 5.73 Å². The Morgan fingerprint density at radius 3 is 2.72 bits per heavy atom. The fraction of sp³-hybridized carbons (Fsp3) is 0.462. The molecule has 1 aromatic carbocycles. The highest BCUT2D eigenvalue weighted by Crippen LogP contribution is 2.32. The minimum atomic E-state index is -0.0376. The van der Waals surface area contributed by atoms with Gasteiger partial charge in [0.15, 0.2) is 0 Å². The lowest BCUT2D eigenvalue weighted by Crippen LogP contribution is -2.39. The largest absolute Gasteiger partial charge is 0.337 e.